The number of halogens is 1. The van der Waals surface area contributed by atoms with E-state index in [0.717, 1.165) is 33.2 Å². The van der Waals surface area contributed by atoms with E-state index in [2.05, 4.69) is 10.4 Å². The minimum Gasteiger partial charge on any atom is -0.489 e. The quantitative estimate of drug-likeness (QED) is 0.641. The zero-order chi connectivity index (χ0) is 19.6. The standard InChI is InChI=1S/C20H22ClN3O2S/c1-12-7-16(5-6-18(12)21)26-10-15-8-19(27-11-15)20(25)23-13(2)17-9-22-24(4)14(17)3/h5-9,11,13H,10H2,1-4H3,(H,23,25). The summed E-state index contributed by atoms with van der Waals surface area (Å²) in [5.41, 5.74) is 3.99. The van der Waals surface area contributed by atoms with E-state index >= 15 is 0 Å². The Labute approximate surface area is 167 Å². The van der Waals surface area contributed by atoms with Crippen LogP contribution in [0.2, 0.25) is 5.02 Å². The minimum absolute atomic E-state index is 0.0932. The first-order valence-corrected chi connectivity index (χ1v) is 9.86. The molecule has 0 aliphatic carbocycles. The number of rotatable bonds is 6. The van der Waals surface area contributed by atoms with Gasteiger partial charge in [-0.2, -0.15) is 5.10 Å². The van der Waals surface area contributed by atoms with Crippen LogP contribution in [-0.4, -0.2) is 15.7 Å². The molecule has 142 valence electrons. The molecule has 2 aromatic heterocycles. The van der Waals surface area contributed by atoms with Crippen molar-refractivity contribution in [3.8, 4) is 5.75 Å². The van der Waals surface area contributed by atoms with E-state index < -0.39 is 0 Å². The molecule has 7 heteroatoms. The van der Waals surface area contributed by atoms with E-state index in [1.54, 1.807) is 10.9 Å². The highest BCUT2D eigenvalue weighted by atomic mass is 35.5. The molecule has 5 nitrogen and oxygen atoms in total. The van der Waals surface area contributed by atoms with E-state index in [1.165, 1.54) is 11.3 Å². The van der Waals surface area contributed by atoms with Gasteiger partial charge in [-0.1, -0.05) is 11.6 Å². The van der Waals surface area contributed by atoms with E-state index in [-0.39, 0.29) is 11.9 Å². The highest BCUT2D eigenvalue weighted by Crippen LogP contribution is 2.23. The molecule has 1 N–H and O–H groups in total. The number of ether oxygens (including phenoxy) is 1. The topological polar surface area (TPSA) is 56.1 Å². The summed E-state index contributed by atoms with van der Waals surface area (Å²) >= 11 is 7.44. The lowest BCUT2D eigenvalue weighted by molar-refractivity contribution is 0.0944. The molecule has 1 unspecified atom stereocenters. The van der Waals surface area contributed by atoms with Crippen molar-refractivity contribution in [3.63, 3.8) is 0 Å². The molecule has 1 amide bonds. The molecule has 0 aliphatic heterocycles. The summed E-state index contributed by atoms with van der Waals surface area (Å²) in [5, 5.41) is 9.92. The fraction of sp³-hybridized carbons (Fsp3) is 0.300. The smallest absolute Gasteiger partial charge is 0.261 e. The van der Waals surface area contributed by atoms with Gasteiger partial charge in [0.15, 0.2) is 0 Å². The van der Waals surface area contributed by atoms with Crippen LogP contribution in [0.5, 0.6) is 5.75 Å². The molecule has 0 bridgehead atoms. The van der Waals surface area contributed by atoms with Gasteiger partial charge in [0.1, 0.15) is 12.4 Å². The fourth-order valence-corrected chi connectivity index (χ4v) is 3.65. The minimum atomic E-state index is -0.106. The third-order valence-electron chi connectivity index (χ3n) is 4.50. The number of carbonyl (C=O) groups excluding carboxylic acids is 1. The number of aryl methyl sites for hydroxylation is 2. The molecule has 0 aliphatic rings. The van der Waals surface area contributed by atoms with Crippen molar-refractivity contribution in [1.29, 1.82) is 0 Å². The van der Waals surface area contributed by atoms with Gasteiger partial charge in [0, 0.05) is 28.9 Å². The summed E-state index contributed by atoms with van der Waals surface area (Å²) in [5.74, 6) is 0.666. The zero-order valence-electron chi connectivity index (χ0n) is 15.7. The Morgan fingerprint density at radius 3 is 2.81 bits per heavy atom. The Morgan fingerprint density at radius 2 is 2.15 bits per heavy atom. The Bertz CT molecular complexity index is 964. The molecule has 1 aromatic carbocycles. The van der Waals surface area contributed by atoms with Crippen molar-refractivity contribution >= 4 is 28.8 Å². The Balaban J connectivity index is 1.60. The Morgan fingerprint density at radius 1 is 1.37 bits per heavy atom. The largest absolute Gasteiger partial charge is 0.489 e. The van der Waals surface area contributed by atoms with Gasteiger partial charge in [-0.3, -0.25) is 9.48 Å². The van der Waals surface area contributed by atoms with E-state index in [1.807, 2.05) is 57.5 Å². The van der Waals surface area contributed by atoms with Crippen molar-refractivity contribution in [2.24, 2.45) is 7.05 Å². The van der Waals surface area contributed by atoms with Crippen LogP contribution in [0.25, 0.3) is 0 Å². The predicted octanol–water partition coefficient (Wildman–Crippen LogP) is 4.82. The number of hydrogen-bond acceptors (Lipinski definition) is 4. The average Bonchev–Trinajstić information content (AvgIpc) is 3.23. The van der Waals surface area contributed by atoms with Gasteiger partial charge in [-0.05, 0) is 56.0 Å². The number of benzene rings is 1. The van der Waals surface area contributed by atoms with Crippen molar-refractivity contribution < 1.29 is 9.53 Å². The first kappa shape index (κ1) is 19.5. The number of hydrogen-bond donors (Lipinski definition) is 1. The Hall–Kier alpha value is -2.31. The molecule has 0 spiro atoms. The maximum absolute atomic E-state index is 12.5. The number of thiophene rings is 1. The normalized spacial score (nSPS) is 12.0. The second-order valence-electron chi connectivity index (χ2n) is 6.52. The summed E-state index contributed by atoms with van der Waals surface area (Å²) in [6.45, 7) is 6.29. The van der Waals surface area contributed by atoms with Crippen LogP contribution in [0.3, 0.4) is 0 Å². The van der Waals surface area contributed by atoms with Gasteiger partial charge >= 0.3 is 0 Å². The van der Waals surface area contributed by atoms with Gasteiger partial charge in [-0.15, -0.1) is 11.3 Å². The van der Waals surface area contributed by atoms with Crippen LogP contribution in [0.4, 0.5) is 0 Å². The molecule has 0 radical (unpaired) electrons. The van der Waals surface area contributed by atoms with Crippen LogP contribution in [0.1, 0.15) is 45.0 Å². The highest BCUT2D eigenvalue weighted by molar-refractivity contribution is 7.12. The van der Waals surface area contributed by atoms with Crippen molar-refractivity contribution in [2.75, 3.05) is 0 Å². The van der Waals surface area contributed by atoms with Gasteiger partial charge in [0.2, 0.25) is 0 Å². The number of carbonyl (C=O) groups is 1. The molecule has 3 rings (SSSR count). The average molecular weight is 404 g/mol. The monoisotopic (exact) mass is 403 g/mol. The van der Waals surface area contributed by atoms with E-state index in [4.69, 9.17) is 16.3 Å². The summed E-state index contributed by atoms with van der Waals surface area (Å²) in [7, 11) is 1.89. The third kappa shape index (κ3) is 4.51. The van der Waals surface area contributed by atoms with Gasteiger partial charge in [0.25, 0.3) is 5.91 Å². The summed E-state index contributed by atoms with van der Waals surface area (Å²) in [6, 6.07) is 7.32. The zero-order valence-corrected chi connectivity index (χ0v) is 17.3. The molecular weight excluding hydrogens is 382 g/mol. The second-order valence-corrected chi connectivity index (χ2v) is 7.84. The van der Waals surface area contributed by atoms with Crippen LogP contribution < -0.4 is 10.1 Å². The van der Waals surface area contributed by atoms with Gasteiger partial charge in [0.05, 0.1) is 17.1 Å². The predicted molar refractivity (Wildman–Crippen MR) is 109 cm³/mol. The Kier molecular flexibility index (Phi) is 5.87. The molecular formula is C20H22ClN3O2S. The van der Waals surface area contributed by atoms with Crippen molar-refractivity contribution in [3.05, 3.63) is 68.1 Å². The van der Waals surface area contributed by atoms with Crippen LogP contribution in [0, 0.1) is 13.8 Å². The number of nitrogens with zero attached hydrogens (tertiary/aromatic N) is 2. The number of nitrogens with one attached hydrogen (secondary N) is 1. The maximum Gasteiger partial charge on any atom is 0.261 e. The summed E-state index contributed by atoms with van der Waals surface area (Å²) in [4.78, 5) is 13.2. The van der Waals surface area contributed by atoms with Crippen LogP contribution in [-0.2, 0) is 13.7 Å². The first-order valence-electron chi connectivity index (χ1n) is 8.61. The molecule has 2 heterocycles. The molecule has 1 atom stereocenters. The third-order valence-corrected chi connectivity index (χ3v) is 5.90. The molecule has 3 aromatic rings. The molecule has 0 fully saturated rings. The SMILES string of the molecule is Cc1cc(OCc2csc(C(=O)NC(C)c3cnn(C)c3C)c2)ccc1Cl. The van der Waals surface area contributed by atoms with Crippen molar-refractivity contribution in [2.45, 2.75) is 33.4 Å². The number of amides is 1. The molecule has 0 saturated heterocycles. The molecule has 0 saturated carbocycles. The second kappa shape index (κ2) is 8.15. The van der Waals surface area contributed by atoms with Gasteiger partial charge < -0.3 is 10.1 Å². The maximum atomic E-state index is 12.5. The molecule has 27 heavy (non-hydrogen) atoms. The van der Waals surface area contributed by atoms with Crippen LogP contribution in [0.15, 0.2) is 35.8 Å². The fourth-order valence-electron chi connectivity index (χ4n) is 2.73. The first-order chi connectivity index (χ1) is 12.8. The van der Waals surface area contributed by atoms with E-state index in [0.29, 0.717) is 11.5 Å². The lowest BCUT2D eigenvalue weighted by Gasteiger charge is -2.13. The van der Waals surface area contributed by atoms with Crippen LogP contribution >= 0.6 is 22.9 Å². The number of aromatic nitrogens is 2. The van der Waals surface area contributed by atoms with E-state index in [9.17, 15) is 4.79 Å². The lowest BCUT2D eigenvalue weighted by atomic mass is 10.1. The highest BCUT2D eigenvalue weighted by Gasteiger charge is 2.17. The lowest BCUT2D eigenvalue weighted by Crippen LogP contribution is -2.26. The van der Waals surface area contributed by atoms with Crippen molar-refractivity contribution in [1.82, 2.24) is 15.1 Å². The van der Waals surface area contributed by atoms with Gasteiger partial charge in [-0.25, -0.2) is 0 Å². The summed E-state index contributed by atoms with van der Waals surface area (Å²) in [6.07, 6.45) is 1.79. The summed E-state index contributed by atoms with van der Waals surface area (Å²) < 4.78 is 7.60.